The van der Waals surface area contributed by atoms with Gasteiger partial charge in [0.15, 0.2) is 5.70 Å². The number of aliphatic carboxylic acids is 2. The third-order valence-electron chi connectivity index (χ3n) is 2.35. The Hall–Kier alpha value is -2.50. The largest absolute Gasteiger partial charge is 0.478 e. The van der Waals surface area contributed by atoms with Gasteiger partial charge in [-0.3, -0.25) is 4.98 Å². The molecule has 2 heterocycles. The quantitative estimate of drug-likeness (QED) is 0.798. The monoisotopic (exact) mass is 232 g/mol. The first-order valence-electron chi connectivity index (χ1n) is 4.77. The lowest BCUT2D eigenvalue weighted by Crippen LogP contribution is -2.07. The summed E-state index contributed by atoms with van der Waals surface area (Å²) >= 11 is 0. The summed E-state index contributed by atoms with van der Waals surface area (Å²) in [5.74, 6) is -2.58. The van der Waals surface area contributed by atoms with Gasteiger partial charge in [-0.05, 0) is 17.7 Å². The van der Waals surface area contributed by atoms with Crippen molar-refractivity contribution in [2.45, 2.75) is 6.42 Å². The van der Waals surface area contributed by atoms with Crippen LogP contribution >= 0.6 is 0 Å². The van der Waals surface area contributed by atoms with Gasteiger partial charge in [-0.15, -0.1) is 0 Å². The van der Waals surface area contributed by atoms with E-state index in [1.807, 2.05) is 0 Å². The predicted octanol–water partition coefficient (Wildman–Crippen LogP) is 0.698. The van der Waals surface area contributed by atoms with Crippen LogP contribution in [0.4, 0.5) is 0 Å². The summed E-state index contributed by atoms with van der Waals surface area (Å²) in [4.78, 5) is 29.4. The van der Waals surface area contributed by atoms with Crippen molar-refractivity contribution >= 4 is 17.7 Å². The highest BCUT2D eigenvalue weighted by Gasteiger charge is 2.28. The summed E-state index contributed by atoms with van der Waals surface area (Å²) in [6.45, 7) is 0. The van der Waals surface area contributed by atoms with E-state index in [-0.39, 0.29) is 12.0 Å². The second-order valence-corrected chi connectivity index (χ2v) is 3.41. The first-order valence-corrected chi connectivity index (χ1v) is 4.77. The lowest BCUT2D eigenvalue weighted by atomic mass is 10.1. The van der Waals surface area contributed by atoms with Crippen molar-refractivity contribution < 1.29 is 19.8 Å². The van der Waals surface area contributed by atoms with Gasteiger partial charge in [-0.2, -0.15) is 0 Å². The van der Waals surface area contributed by atoms with Crippen LogP contribution in [-0.2, 0) is 9.59 Å². The van der Waals surface area contributed by atoms with Crippen molar-refractivity contribution in [2.24, 2.45) is 4.99 Å². The van der Waals surface area contributed by atoms with Gasteiger partial charge in [0, 0.05) is 18.8 Å². The van der Waals surface area contributed by atoms with Crippen molar-refractivity contribution in [1.82, 2.24) is 4.98 Å². The van der Waals surface area contributed by atoms with Crippen LogP contribution in [0.1, 0.15) is 12.0 Å². The minimum atomic E-state index is -1.33. The Kier molecular flexibility index (Phi) is 2.70. The van der Waals surface area contributed by atoms with E-state index in [0.717, 1.165) is 0 Å². The van der Waals surface area contributed by atoms with E-state index in [1.165, 1.54) is 12.4 Å². The SMILES string of the molecule is O=C(O)C1=C(C(=O)O)N=C(c2ccncc2)C1. The van der Waals surface area contributed by atoms with Crippen molar-refractivity contribution in [3.05, 3.63) is 41.4 Å². The fourth-order valence-corrected chi connectivity index (χ4v) is 1.56. The Balaban J connectivity index is 2.38. The molecule has 0 atom stereocenters. The van der Waals surface area contributed by atoms with Crippen molar-refractivity contribution in [2.75, 3.05) is 0 Å². The maximum absolute atomic E-state index is 10.9. The van der Waals surface area contributed by atoms with E-state index in [1.54, 1.807) is 12.1 Å². The number of rotatable bonds is 3. The zero-order valence-corrected chi connectivity index (χ0v) is 8.62. The molecule has 0 radical (unpaired) electrons. The summed E-state index contributed by atoms with van der Waals surface area (Å²) in [6.07, 6.45) is 3.09. The summed E-state index contributed by atoms with van der Waals surface area (Å²) in [5, 5.41) is 17.7. The number of carboxylic acids is 2. The number of pyridine rings is 1. The second kappa shape index (κ2) is 4.17. The number of aliphatic imine (C=N–C) groups is 1. The highest BCUT2D eigenvalue weighted by molar-refractivity contribution is 6.14. The molecule has 0 bridgehead atoms. The number of hydrogen-bond donors (Lipinski definition) is 2. The number of carboxylic acid groups (broad SMARTS) is 2. The summed E-state index contributed by atoms with van der Waals surface area (Å²) < 4.78 is 0. The molecule has 17 heavy (non-hydrogen) atoms. The summed E-state index contributed by atoms with van der Waals surface area (Å²) in [5.41, 5.74) is 0.519. The molecule has 0 unspecified atom stereocenters. The zero-order chi connectivity index (χ0) is 12.4. The maximum atomic E-state index is 10.9. The van der Waals surface area contributed by atoms with Gasteiger partial charge < -0.3 is 10.2 Å². The van der Waals surface area contributed by atoms with Crippen molar-refractivity contribution in [1.29, 1.82) is 0 Å². The van der Waals surface area contributed by atoms with E-state index in [0.29, 0.717) is 11.3 Å². The lowest BCUT2D eigenvalue weighted by Gasteiger charge is -1.99. The van der Waals surface area contributed by atoms with E-state index >= 15 is 0 Å². The van der Waals surface area contributed by atoms with Crippen LogP contribution in [0.3, 0.4) is 0 Å². The third-order valence-corrected chi connectivity index (χ3v) is 2.35. The second-order valence-electron chi connectivity index (χ2n) is 3.41. The Morgan fingerprint density at radius 1 is 1.12 bits per heavy atom. The number of hydrogen-bond acceptors (Lipinski definition) is 4. The van der Waals surface area contributed by atoms with Crippen LogP contribution < -0.4 is 0 Å². The molecule has 0 aromatic carbocycles. The Morgan fingerprint density at radius 2 is 1.76 bits per heavy atom. The molecule has 0 aliphatic carbocycles. The van der Waals surface area contributed by atoms with Crippen LogP contribution in [0.25, 0.3) is 0 Å². The van der Waals surface area contributed by atoms with Crippen LogP contribution in [0, 0.1) is 0 Å². The molecular formula is C11H8N2O4. The van der Waals surface area contributed by atoms with Gasteiger partial charge in [0.2, 0.25) is 0 Å². The predicted molar refractivity (Wildman–Crippen MR) is 57.7 cm³/mol. The molecule has 0 saturated heterocycles. The Morgan fingerprint density at radius 3 is 2.24 bits per heavy atom. The smallest absolute Gasteiger partial charge is 0.355 e. The fourth-order valence-electron chi connectivity index (χ4n) is 1.56. The van der Waals surface area contributed by atoms with Gasteiger partial charge in [0.25, 0.3) is 0 Å². The average Bonchev–Trinajstić information content (AvgIpc) is 2.75. The molecule has 6 nitrogen and oxygen atoms in total. The first-order chi connectivity index (χ1) is 8.09. The van der Waals surface area contributed by atoms with E-state index < -0.39 is 17.6 Å². The minimum absolute atomic E-state index is 0.0149. The number of carbonyl (C=O) groups is 2. The first kappa shape index (κ1) is 11.0. The van der Waals surface area contributed by atoms with Gasteiger partial charge >= 0.3 is 11.9 Å². The summed E-state index contributed by atoms with van der Waals surface area (Å²) in [6, 6.07) is 3.31. The van der Waals surface area contributed by atoms with Crippen LogP contribution in [0.2, 0.25) is 0 Å². The number of aromatic nitrogens is 1. The molecule has 2 rings (SSSR count). The zero-order valence-electron chi connectivity index (χ0n) is 8.62. The molecule has 1 aromatic rings. The highest BCUT2D eigenvalue weighted by atomic mass is 16.4. The highest BCUT2D eigenvalue weighted by Crippen LogP contribution is 2.23. The average molecular weight is 232 g/mol. The normalized spacial score (nSPS) is 14.7. The van der Waals surface area contributed by atoms with Gasteiger partial charge in [-0.25, -0.2) is 14.6 Å². The molecule has 0 fully saturated rings. The lowest BCUT2D eigenvalue weighted by molar-refractivity contribution is -0.135. The molecule has 2 N–H and O–H groups in total. The van der Waals surface area contributed by atoms with E-state index in [9.17, 15) is 9.59 Å². The fraction of sp³-hybridized carbons (Fsp3) is 0.0909. The Labute approximate surface area is 96.0 Å². The molecule has 6 heteroatoms. The number of nitrogens with zero attached hydrogens (tertiary/aromatic N) is 2. The van der Waals surface area contributed by atoms with Gasteiger partial charge in [-0.1, -0.05) is 0 Å². The van der Waals surface area contributed by atoms with Crippen LogP contribution in [-0.4, -0.2) is 32.8 Å². The Bertz CT molecular complexity index is 546. The van der Waals surface area contributed by atoms with Gasteiger partial charge in [0.1, 0.15) is 0 Å². The molecule has 0 saturated carbocycles. The summed E-state index contributed by atoms with van der Waals surface area (Å²) in [7, 11) is 0. The molecular weight excluding hydrogens is 224 g/mol. The molecule has 1 aromatic heterocycles. The minimum Gasteiger partial charge on any atom is -0.478 e. The maximum Gasteiger partial charge on any atom is 0.355 e. The molecule has 0 spiro atoms. The molecule has 1 aliphatic rings. The van der Waals surface area contributed by atoms with Crippen molar-refractivity contribution in [3.8, 4) is 0 Å². The van der Waals surface area contributed by atoms with Crippen molar-refractivity contribution in [3.63, 3.8) is 0 Å². The van der Waals surface area contributed by atoms with E-state index in [4.69, 9.17) is 10.2 Å². The van der Waals surface area contributed by atoms with Gasteiger partial charge in [0.05, 0.1) is 11.3 Å². The molecule has 1 aliphatic heterocycles. The third kappa shape index (κ3) is 2.05. The molecule has 86 valence electrons. The molecule has 0 amide bonds. The van der Waals surface area contributed by atoms with E-state index in [2.05, 4.69) is 9.98 Å². The van der Waals surface area contributed by atoms with Crippen LogP contribution in [0.5, 0.6) is 0 Å². The van der Waals surface area contributed by atoms with Crippen LogP contribution in [0.15, 0.2) is 40.8 Å². The topological polar surface area (TPSA) is 99.8 Å². The standard InChI is InChI=1S/C11H8N2O4/c14-10(15)7-5-8(13-9(7)11(16)17)6-1-3-12-4-2-6/h1-4H,5H2,(H,14,15)(H,16,17).